The Kier molecular flexibility index (Phi) is 6.92. The number of halogens is 1. The molecule has 2 unspecified atom stereocenters. The molecule has 3 nitrogen and oxygen atoms in total. The van der Waals surface area contributed by atoms with E-state index in [1.54, 1.807) is 0 Å². The molecule has 144 valence electrons. The van der Waals surface area contributed by atoms with Crippen molar-refractivity contribution < 1.29 is 4.79 Å². The number of hydrogen-bond donors (Lipinski definition) is 2. The molecule has 0 spiro atoms. The van der Waals surface area contributed by atoms with E-state index in [4.69, 9.17) is 0 Å². The van der Waals surface area contributed by atoms with E-state index < -0.39 is 0 Å². The molecule has 1 saturated carbocycles. The first-order chi connectivity index (χ1) is 12.2. The smallest absolute Gasteiger partial charge is 0.220 e. The first-order valence-corrected chi connectivity index (χ1v) is 10.8. The van der Waals surface area contributed by atoms with Crippen LogP contribution in [0.5, 0.6) is 0 Å². The first-order valence-electron chi connectivity index (χ1n) is 9.98. The van der Waals surface area contributed by atoms with Crippen LogP contribution in [0.2, 0.25) is 0 Å². The number of rotatable bonds is 6. The van der Waals surface area contributed by atoms with Crippen LogP contribution in [0.25, 0.3) is 0 Å². The van der Waals surface area contributed by atoms with Crippen molar-refractivity contribution in [2.45, 2.75) is 79.5 Å². The molecule has 0 radical (unpaired) electrons. The molecule has 1 aliphatic carbocycles. The van der Waals surface area contributed by atoms with Gasteiger partial charge in [-0.1, -0.05) is 31.0 Å². The number of carbonyl (C=O) groups is 1. The zero-order valence-corrected chi connectivity index (χ0v) is 17.0. The van der Waals surface area contributed by atoms with Crippen molar-refractivity contribution in [3.63, 3.8) is 0 Å². The highest BCUT2D eigenvalue weighted by Crippen LogP contribution is 2.44. The predicted molar refractivity (Wildman–Crippen MR) is 111 cm³/mol. The fourth-order valence-electron chi connectivity index (χ4n) is 5.01. The highest BCUT2D eigenvalue weighted by molar-refractivity contribution is 8.00. The molecule has 2 N–H and O–H groups in total. The standard InChI is InChI=1S/C21H30N2OS.ClH/c24-20(14-16-12-17-8-9-18(13-16)23-17)22-15-21(10-4-5-11-21)25-19-6-2-1-3-7-19;/h1-3,6-7,16-18,23H,4-5,8-15H2,(H,22,24);1H. The Labute approximate surface area is 167 Å². The predicted octanol–water partition coefficient (Wildman–Crippen LogP) is 4.55. The molecule has 2 heterocycles. The van der Waals surface area contributed by atoms with E-state index in [-0.39, 0.29) is 23.1 Å². The van der Waals surface area contributed by atoms with Gasteiger partial charge >= 0.3 is 0 Å². The Morgan fingerprint density at radius 2 is 1.77 bits per heavy atom. The number of nitrogens with one attached hydrogen (secondary N) is 2. The lowest BCUT2D eigenvalue weighted by Crippen LogP contribution is -2.42. The Balaban J connectivity index is 0.00000196. The largest absolute Gasteiger partial charge is 0.355 e. The summed E-state index contributed by atoms with van der Waals surface area (Å²) in [6.07, 6.45) is 10.7. The zero-order chi connectivity index (χ0) is 17.1. The van der Waals surface area contributed by atoms with Gasteiger partial charge in [-0.15, -0.1) is 24.2 Å². The van der Waals surface area contributed by atoms with Crippen LogP contribution < -0.4 is 10.6 Å². The van der Waals surface area contributed by atoms with Gasteiger partial charge in [-0.05, 0) is 56.6 Å². The minimum absolute atomic E-state index is 0. The van der Waals surface area contributed by atoms with E-state index in [1.165, 1.54) is 56.3 Å². The number of benzene rings is 1. The van der Waals surface area contributed by atoms with Crippen LogP contribution in [-0.2, 0) is 4.79 Å². The Hall–Kier alpha value is -0.710. The molecule has 1 amide bonds. The average Bonchev–Trinajstić information content (AvgIpc) is 3.21. The van der Waals surface area contributed by atoms with Crippen LogP contribution >= 0.6 is 24.2 Å². The van der Waals surface area contributed by atoms with E-state index in [9.17, 15) is 4.79 Å². The second kappa shape index (κ2) is 8.99. The number of amides is 1. The summed E-state index contributed by atoms with van der Waals surface area (Å²) in [5, 5.41) is 6.97. The van der Waals surface area contributed by atoms with Crippen molar-refractivity contribution in [1.82, 2.24) is 10.6 Å². The van der Waals surface area contributed by atoms with Crippen LogP contribution in [0.3, 0.4) is 0 Å². The SMILES string of the molecule is Cl.O=C(CC1CC2CCC(C1)N2)NCC1(Sc2ccccc2)CCCC1. The number of thioether (sulfide) groups is 1. The van der Waals surface area contributed by atoms with Crippen LogP contribution in [0.1, 0.15) is 57.8 Å². The van der Waals surface area contributed by atoms with Crippen molar-refractivity contribution in [3.8, 4) is 0 Å². The van der Waals surface area contributed by atoms with Gasteiger partial charge in [0.1, 0.15) is 0 Å². The molecule has 2 aliphatic heterocycles. The molecule has 0 aromatic heterocycles. The number of hydrogen-bond acceptors (Lipinski definition) is 3. The van der Waals surface area contributed by atoms with Crippen LogP contribution in [0, 0.1) is 5.92 Å². The van der Waals surface area contributed by atoms with Crippen LogP contribution in [0.15, 0.2) is 35.2 Å². The third kappa shape index (κ3) is 4.96. The van der Waals surface area contributed by atoms with Gasteiger partial charge in [0.2, 0.25) is 5.91 Å². The summed E-state index contributed by atoms with van der Waals surface area (Å²) in [6, 6.07) is 12.0. The summed E-state index contributed by atoms with van der Waals surface area (Å²) in [5.41, 5.74) is 0. The molecular formula is C21H31ClN2OS. The lowest BCUT2D eigenvalue weighted by Gasteiger charge is -2.31. The van der Waals surface area contributed by atoms with Crippen molar-refractivity contribution in [1.29, 1.82) is 0 Å². The summed E-state index contributed by atoms with van der Waals surface area (Å²) in [7, 11) is 0. The van der Waals surface area contributed by atoms with Crippen molar-refractivity contribution in [3.05, 3.63) is 30.3 Å². The van der Waals surface area contributed by atoms with Crippen LogP contribution in [-0.4, -0.2) is 29.3 Å². The van der Waals surface area contributed by atoms with Gasteiger partial charge in [-0.3, -0.25) is 4.79 Å². The molecule has 3 fully saturated rings. The summed E-state index contributed by atoms with van der Waals surface area (Å²) in [4.78, 5) is 13.9. The van der Waals surface area contributed by atoms with E-state index in [0.717, 1.165) is 13.0 Å². The number of carbonyl (C=O) groups excluding carboxylic acids is 1. The Bertz CT molecular complexity index is 579. The van der Waals surface area contributed by atoms with Crippen molar-refractivity contribution in [2.24, 2.45) is 5.92 Å². The molecule has 3 aliphatic rings. The number of piperidine rings is 1. The van der Waals surface area contributed by atoms with Gasteiger partial charge in [-0.25, -0.2) is 0 Å². The topological polar surface area (TPSA) is 41.1 Å². The zero-order valence-electron chi connectivity index (χ0n) is 15.4. The molecule has 4 rings (SSSR count). The summed E-state index contributed by atoms with van der Waals surface area (Å²) < 4.78 is 0.199. The maximum absolute atomic E-state index is 12.6. The van der Waals surface area contributed by atoms with Gasteiger partial charge in [0.05, 0.1) is 0 Å². The highest BCUT2D eigenvalue weighted by Gasteiger charge is 2.37. The van der Waals surface area contributed by atoms with Gasteiger partial charge in [0.15, 0.2) is 0 Å². The summed E-state index contributed by atoms with van der Waals surface area (Å²) >= 11 is 1.97. The van der Waals surface area contributed by atoms with Gasteiger partial charge in [-0.2, -0.15) is 0 Å². The van der Waals surface area contributed by atoms with Crippen molar-refractivity contribution in [2.75, 3.05) is 6.54 Å². The van der Waals surface area contributed by atoms with Gasteiger partial charge in [0, 0.05) is 34.7 Å². The molecule has 2 saturated heterocycles. The van der Waals surface area contributed by atoms with E-state index in [0.29, 0.717) is 18.0 Å². The molecule has 26 heavy (non-hydrogen) atoms. The lowest BCUT2D eigenvalue weighted by atomic mass is 9.89. The molecule has 2 atom stereocenters. The van der Waals surface area contributed by atoms with E-state index in [2.05, 4.69) is 41.0 Å². The third-order valence-corrected chi connectivity index (χ3v) is 7.74. The van der Waals surface area contributed by atoms with Crippen LogP contribution in [0.4, 0.5) is 0 Å². The fourth-order valence-corrected chi connectivity index (χ4v) is 6.44. The molecular weight excluding hydrogens is 364 g/mol. The summed E-state index contributed by atoms with van der Waals surface area (Å²) in [6.45, 7) is 0.823. The molecule has 5 heteroatoms. The second-order valence-electron chi connectivity index (χ2n) is 8.26. The van der Waals surface area contributed by atoms with Gasteiger partial charge in [0.25, 0.3) is 0 Å². The minimum atomic E-state index is 0. The minimum Gasteiger partial charge on any atom is -0.355 e. The van der Waals surface area contributed by atoms with E-state index >= 15 is 0 Å². The summed E-state index contributed by atoms with van der Waals surface area (Å²) in [5.74, 6) is 0.853. The molecule has 2 bridgehead atoms. The monoisotopic (exact) mass is 394 g/mol. The highest BCUT2D eigenvalue weighted by atomic mass is 35.5. The average molecular weight is 395 g/mol. The number of fused-ring (bicyclic) bond motifs is 2. The quantitative estimate of drug-likeness (QED) is 0.743. The maximum atomic E-state index is 12.6. The molecule has 1 aromatic carbocycles. The normalized spacial score (nSPS) is 29.2. The first kappa shape index (κ1) is 20.0. The lowest BCUT2D eigenvalue weighted by molar-refractivity contribution is -0.122. The van der Waals surface area contributed by atoms with Crippen molar-refractivity contribution >= 4 is 30.1 Å². The second-order valence-corrected chi connectivity index (χ2v) is 9.80. The third-order valence-electron chi connectivity index (χ3n) is 6.24. The fraction of sp³-hybridized carbons (Fsp3) is 0.667. The Morgan fingerprint density at radius 3 is 2.42 bits per heavy atom. The Morgan fingerprint density at radius 1 is 1.12 bits per heavy atom. The molecule has 1 aromatic rings. The maximum Gasteiger partial charge on any atom is 0.220 e. The van der Waals surface area contributed by atoms with E-state index in [1.807, 2.05) is 11.8 Å². The van der Waals surface area contributed by atoms with Gasteiger partial charge < -0.3 is 10.6 Å².